The highest BCUT2D eigenvalue weighted by molar-refractivity contribution is 7.20. The van der Waals surface area contributed by atoms with Crippen LogP contribution in [0.3, 0.4) is 0 Å². The van der Waals surface area contributed by atoms with Crippen molar-refractivity contribution in [2.24, 2.45) is 0 Å². The molecular weight excluding hydrogens is 332 g/mol. The van der Waals surface area contributed by atoms with Crippen LogP contribution in [-0.2, 0) is 10.2 Å². The Balaban J connectivity index is 1.53. The predicted octanol–water partition coefficient (Wildman–Crippen LogP) is 3.77. The topological polar surface area (TPSA) is 51.2 Å². The first-order valence-corrected chi connectivity index (χ1v) is 9.36. The van der Waals surface area contributed by atoms with Crippen LogP contribution < -0.4 is 5.32 Å². The fourth-order valence-corrected chi connectivity index (χ4v) is 4.30. The van der Waals surface area contributed by atoms with Crippen molar-refractivity contribution in [3.8, 4) is 0 Å². The van der Waals surface area contributed by atoms with Gasteiger partial charge in [-0.2, -0.15) is 0 Å². The number of hydrogen-bond acceptors (Lipinski definition) is 4. The van der Waals surface area contributed by atoms with Gasteiger partial charge in [-0.1, -0.05) is 42.5 Å². The van der Waals surface area contributed by atoms with Gasteiger partial charge in [-0.3, -0.25) is 4.79 Å². The van der Waals surface area contributed by atoms with Crippen LogP contribution in [0, 0.1) is 0 Å². The molecule has 0 saturated carbocycles. The van der Waals surface area contributed by atoms with Crippen LogP contribution in [0.1, 0.15) is 28.2 Å². The lowest BCUT2D eigenvalue weighted by molar-refractivity contribution is 0.0487. The third kappa shape index (κ3) is 3.30. The Kier molecular flexibility index (Phi) is 4.51. The summed E-state index contributed by atoms with van der Waals surface area (Å²) in [6, 6.07) is 18.3. The minimum absolute atomic E-state index is 0.0636. The average Bonchev–Trinajstić information content (AvgIpc) is 3.12. The molecule has 0 atom stereocenters. The molecule has 2 aromatic carbocycles. The lowest BCUT2D eigenvalue weighted by Crippen LogP contribution is -2.44. The second-order valence-corrected chi connectivity index (χ2v) is 7.46. The van der Waals surface area contributed by atoms with Crippen molar-refractivity contribution in [2.45, 2.75) is 18.3 Å². The number of hydrogen-bond donors (Lipinski definition) is 1. The smallest absolute Gasteiger partial charge is 0.280 e. The summed E-state index contributed by atoms with van der Waals surface area (Å²) < 4.78 is 6.59. The van der Waals surface area contributed by atoms with Crippen molar-refractivity contribution >= 4 is 27.5 Å². The van der Waals surface area contributed by atoms with Crippen molar-refractivity contribution in [1.82, 2.24) is 10.3 Å². The quantitative estimate of drug-likeness (QED) is 0.777. The van der Waals surface area contributed by atoms with E-state index in [9.17, 15) is 4.79 Å². The van der Waals surface area contributed by atoms with Crippen molar-refractivity contribution in [2.75, 3.05) is 19.8 Å². The van der Waals surface area contributed by atoms with E-state index in [4.69, 9.17) is 4.74 Å². The van der Waals surface area contributed by atoms with Crippen molar-refractivity contribution < 1.29 is 9.53 Å². The molecule has 1 aliphatic heterocycles. The number of nitrogens with one attached hydrogen (secondary N) is 1. The molecule has 1 fully saturated rings. The van der Waals surface area contributed by atoms with E-state index in [0.717, 1.165) is 36.3 Å². The standard InChI is InChI=1S/C20H20N2O2S/c23-18(19-22-16-8-4-5-9-17(16)25-19)21-14-20(10-12-24-13-11-20)15-6-2-1-3-7-15/h1-9H,10-14H2,(H,21,23). The monoisotopic (exact) mass is 352 g/mol. The lowest BCUT2D eigenvalue weighted by Gasteiger charge is -2.37. The third-order valence-corrected chi connectivity index (χ3v) is 5.95. The van der Waals surface area contributed by atoms with Crippen LogP contribution in [0.5, 0.6) is 0 Å². The van der Waals surface area contributed by atoms with E-state index in [-0.39, 0.29) is 11.3 Å². The van der Waals surface area contributed by atoms with E-state index in [1.54, 1.807) is 0 Å². The Morgan fingerprint density at radius 1 is 1.08 bits per heavy atom. The molecule has 1 amide bonds. The van der Waals surface area contributed by atoms with Gasteiger partial charge in [0.1, 0.15) is 0 Å². The van der Waals surface area contributed by atoms with Crippen LogP contribution in [-0.4, -0.2) is 30.6 Å². The summed E-state index contributed by atoms with van der Waals surface area (Å²) in [4.78, 5) is 17.1. The number of para-hydroxylation sites is 1. The number of fused-ring (bicyclic) bond motifs is 1. The number of nitrogens with zero attached hydrogens (tertiary/aromatic N) is 1. The van der Waals surface area contributed by atoms with E-state index in [1.807, 2.05) is 30.3 Å². The molecule has 1 aliphatic rings. The van der Waals surface area contributed by atoms with Gasteiger partial charge in [0.2, 0.25) is 0 Å². The van der Waals surface area contributed by atoms with Crippen molar-refractivity contribution in [1.29, 1.82) is 0 Å². The molecule has 3 aromatic rings. The molecule has 128 valence electrons. The zero-order chi connectivity index (χ0) is 17.1. The van der Waals surface area contributed by atoms with Crippen LogP contribution in [0.4, 0.5) is 0 Å². The van der Waals surface area contributed by atoms with Gasteiger partial charge in [-0.15, -0.1) is 11.3 Å². The Bertz CT molecular complexity index is 837. The molecule has 0 aliphatic carbocycles. The maximum atomic E-state index is 12.6. The van der Waals surface area contributed by atoms with Gasteiger partial charge >= 0.3 is 0 Å². The first-order valence-electron chi connectivity index (χ1n) is 8.54. The summed E-state index contributed by atoms with van der Waals surface area (Å²) in [6.07, 6.45) is 1.83. The number of carbonyl (C=O) groups excluding carboxylic acids is 1. The van der Waals surface area contributed by atoms with Crippen LogP contribution in [0.2, 0.25) is 0 Å². The third-order valence-electron chi connectivity index (χ3n) is 4.91. The molecule has 4 nitrogen and oxygen atoms in total. The number of aromatic nitrogens is 1. The SMILES string of the molecule is O=C(NCC1(c2ccccc2)CCOCC1)c1nc2ccccc2s1. The minimum Gasteiger partial charge on any atom is -0.381 e. The highest BCUT2D eigenvalue weighted by Crippen LogP contribution is 2.34. The van der Waals surface area contributed by atoms with E-state index < -0.39 is 0 Å². The molecule has 0 radical (unpaired) electrons. The summed E-state index contributed by atoms with van der Waals surface area (Å²) in [5.41, 5.74) is 2.08. The molecule has 5 heteroatoms. The van der Waals surface area contributed by atoms with Gasteiger partial charge in [0.15, 0.2) is 5.01 Å². The number of rotatable bonds is 4. The van der Waals surface area contributed by atoms with E-state index >= 15 is 0 Å². The van der Waals surface area contributed by atoms with Crippen LogP contribution >= 0.6 is 11.3 Å². The summed E-state index contributed by atoms with van der Waals surface area (Å²) in [5.74, 6) is -0.0944. The molecule has 0 spiro atoms. The van der Waals surface area contributed by atoms with E-state index in [0.29, 0.717) is 11.6 Å². The number of thiazole rings is 1. The highest BCUT2D eigenvalue weighted by Gasteiger charge is 2.35. The number of benzene rings is 2. The first kappa shape index (κ1) is 16.2. The maximum absolute atomic E-state index is 12.6. The summed E-state index contributed by atoms with van der Waals surface area (Å²) in [6.45, 7) is 2.06. The van der Waals surface area contributed by atoms with Gasteiger partial charge in [0.25, 0.3) is 5.91 Å². The summed E-state index contributed by atoms with van der Waals surface area (Å²) in [5, 5.41) is 3.65. The van der Waals surface area contributed by atoms with Crippen molar-refractivity contribution in [3.63, 3.8) is 0 Å². The number of amides is 1. The minimum atomic E-state index is -0.0944. The van der Waals surface area contributed by atoms with Crippen LogP contribution in [0.25, 0.3) is 10.2 Å². The Morgan fingerprint density at radius 3 is 2.56 bits per heavy atom. The zero-order valence-electron chi connectivity index (χ0n) is 13.9. The fourth-order valence-electron chi connectivity index (χ4n) is 3.42. The van der Waals surface area contributed by atoms with E-state index in [1.165, 1.54) is 16.9 Å². The average molecular weight is 352 g/mol. The zero-order valence-corrected chi connectivity index (χ0v) is 14.7. The van der Waals surface area contributed by atoms with Gasteiger partial charge < -0.3 is 10.1 Å². The maximum Gasteiger partial charge on any atom is 0.280 e. The molecular formula is C20H20N2O2S. The number of ether oxygens (including phenoxy) is 1. The van der Waals surface area contributed by atoms with Gasteiger partial charge in [-0.05, 0) is 30.5 Å². The first-order chi connectivity index (χ1) is 12.3. The normalized spacial score (nSPS) is 16.6. The molecule has 2 heterocycles. The predicted molar refractivity (Wildman–Crippen MR) is 100 cm³/mol. The molecule has 0 bridgehead atoms. The fraction of sp³-hybridized carbons (Fsp3) is 0.300. The van der Waals surface area contributed by atoms with Gasteiger partial charge in [0, 0.05) is 25.2 Å². The molecule has 4 rings (SSSR count). The van der Waals surface area contributed by atoms with Crippen LogP contribution in [0.15, 0.2) is 54.6 Å². The lowest BCUT2D eigenvalue weighted by atomic mass is 9.74. The molecule has 1 aromatic heterocycles. The largest absolute Gasteiger partial charge is 0.381 e. The highest BCUT2D eigenvalue weighted by atomic mass is 32.1. The summed E-state index contributed by atoms with van der Waals surface area (Å²) >= 11 is 1.44. The summed E-state index contributed by atoms with van der Waals surface area (Å²) in [7, 11) is 0. The second-order valence-electron chi connectivity index (χ2n) is 6.43. The van der Waals surface area contributed by atoms with E-state index in [2.05, 4.69) is 34.6 Å². The Labute approximate surface area is 150 Å². The van der Waals surface area contributed by atoms with Gasteiger partial charge in [0.05, 0.1) is 10.2 Å². The van der Waals surface area contributed by atoms with Gasteiger partial charge in [-0.25, -0.2) is 4.98 Å². The molecule has 0 unspecified atom stereocenters. The van der Waals surface area contributed by atoms with Crippen molar-refractivity contribution in [3.05, 3.63) is 65.2 Å². The Hall–Kier alpha value is -2.24. The number of carbonyl (C=O) groups is 1. The Morgan fingerprint density at radius 2 is 1.80 bits per heavy atom. The molecule has 1 saturated heterocycles. The molecule has 25 heavy (non-hydrogen) atoms. The molecule has 1 N–H and O–H groups in total. The second kappa shape index (κ2) is 6.94.